The van der Waals surface area contributed by atoms with Gasteiger partial charge in [0.1, 0.15) is 0 Å². The summed E-state index contributed by atoms with van der Waals surface area (Å²) >= 11 is 0. The van der Waals surface area contributed by atoms with Gasteiger partial charge in [0.05, 0.1) is 63.0 Å². The molecule has 3 N–H and O–H groups in total. The molecule has 0 heterocycles. The zero-order valence-corrected chi connectivity index (χ0v) is 27.8. The molecule has 0 radical (unpaired) electrons. The molecule has 11 nitrogen and oxygen atoms in total. The van der Waals surface area contributed by atoms with E-state index in [1.165, 1.54) is 35.5 Å². The van der Waals surface area contributed by atoms with Crippen LogP contribution in [0.5, 0.6) is 57.5 Å². The van der Waals surface area contributed by atoms with Crippen LogP contribution in [0.1, 0.15) is 28.4 Å². The van der Waals surface area contributed by atoms with Crippen molar-refractivity contribution in [1.29, 1.82) is 0 Å². The SMILES string of the molecule is COc1ccc(/C=C\c2cc(OC)c(OC)c(OC)c2)cc1O.COc1ccc(C[C@@H](O)c2cc(OC)c(OC)c(OC)c2)cc1O. The highest BCUT2D eigenvalue weighted by molar-refractivity contribution is 5.73. The molecule has 4 rings (SSSR count). The van der Waals surface area contributed by atoms with Crippen molar-refractivity contribution in [1.82, 2.24) is 0 Å². The van der Waals surface area contributed by atoms with E-state index in [0.29, 0.717) is 58.0 Å². The third-order valence-electron chi connectivity index (χ3n) is 7.10. The summed E-state index contributed by atoms with van der Waals surface area (Å²) in [5.74, 6) is 4.11. The number of ether oxygens (including phenoxy) is 8. The van der Waals surface area contributed by atoms with Crippen LogP contribution in [0.15, 0.2) is 60.7 Å². The summed E-state index contributed by atoms with van der Waals surface area (Å²) in [5, 5.41) is 30.2. The fourth-order valence-corrected chi connectivity index (χ4v) is 4.70. The third-order valence-corrected chi connectivity index (χ3v) is 7.10. The molecule has 0 aliphatic heterocycles. The summed E-state index contributed by atoms with van der Waals surface area (Å²) < 4.78 is 41.9. The molecule has 0 aliphatic rings. The number of aliphatic hydroxyl groups excluding tert-OH is 1. The van der Waals surface area contributed by atoms with Crippen molar-refractivity contribution >= 4 is 12.2 Å². The summed E-state index contributed by atoms with van der Waals surface area (Å²) in [6.45, 7) is 0. The lowest BCUT2D eigenvalue weighted by molar-refractivity contribution is 0.177. The van der Waals surface area contributed by atoms with Crippen LogP contribution in [0, 0.1) is 0 Å². The first-order chi connectivity index (χ1) is 22.7. The molecule has 11 heteroatoms. The number of aromatic hydroxyl groups is 2. The molecular weight excluding hydrogens is 608 g/mol. The lowest BCUT2D eigenvalue weighted by Crippen LogP contribution is -2.04. The first-order valence-corrected chi connectivity index (χ1v) is 14.4. The highest BCUT2D eigenvalue weighted by atomic mass is 16.5. The molecule has 4 aromatic rings. The van der Waals surface area contributed by atoms with Crippen LogP contribution in [0.3, 0.4) is 0 Å². The number of benzene rings is 4. The Hall–Kier alpha value is -5.42. The fraction of sp³-hybridized carbons (Fsp3) is 0.278. The zero-order valence-electron chi connectivity index (χ0n) is 27.8. The van der Waals surface area contributed by atoms with Gasteiger partial charge in [-0.2, -0.15) is 0 Å². The van der Waals surface area contributed by atoms with Crippen LogP contribution in [0.4, 0.5) is 0 Å². The topological polar surface area (TPSA) is 135 Å². The summed E-state index contributed by atoms with van der Waals surface area (Å²) in [6.07, 6.45) is 3.29. The predicted octanol–water partition coefficient (Wildman–Crippen LogP) is 6.30. The van der Waals surface area contributed by atoms with E-state index in [1.54, 1.807) is 63.8 Å². The smallest absolute Gasteiger partial charge is 0.203 e. The van der Waals surface area contributed by atoms with Crippen molar-refractivity contribution in [3.05, 3.63) is 82.9 Å². The van der Waals surface area contributed by atoms with Gasteiger partial charge in [0.2, 0.25) is 11.5 Å². The van der Waals surface area contributed by atoms with E-state index in [-0.39, 0.29) is 11.5 Å². The highest BCUT2D eigenvalue weighted by Crippen LogP contribution is 2.41. The molecule has 0 spiro atoms. The number of aliphatic hydroxyl groups is 1. The van der Waals surface area contributed by atoms with E-state index in [2.05, 4.69) is 0 Å². The van der Waals surface area contributed by atoms with Gasteiger partial charge in [-0.3, -0.25) is 0 Å². The average Bonchev–Trinajstić information content (AvgIpc) is 3.09. The van der Waals surface area contributed by atoms with Crippen LogP contribution in [0.25, 0.3) is 12.2 Å². The van der Waals surface area contributed by atoms with Crippen LogP contribution < -0.4 is 37.9 Å². The maximum atomic E-state index is 10.5. The van der Waals surface area contributed by atoms with Gasteiger partial charge in [-0.1, -0.05) is 24.3 Å². The van der Waals surface area contributed by atoms with Gasteiger partial charge >= 0.3 is 0 Å². The summed E-state index contributed by atoms with van der Waals surface area (Å²) in [6, 6.07) is 17.3. The minimum absolute atomic E-state index is 0.0343. The van der Waals surface area contributed by atoms with Gasteiger partial charge in [0.15, 0.2) is 46.0 Å². The number of phenols is 2. The molecular formula is C36H42O11. The Morgan fingerprint density at radius 3 is 1.34 bits per heavy atom. The molecule has 47 heavy (non-hydrogen) atoms. The van der Waals surface area contributed by atoms with Crippen LogP contribution in [-0.4, -0.2) is 72.2 Å². The highest BCUT2D eigenvalue weighted by Gasteiger charge is 2.18. The van der Waals surface area contributed by atoms with Crippen LogP contribution in [0.2, 0.25) is 0 Å². The maximum absolute atomic E-state index is 10.5. The van der Waals surface area contributed by atoms with Crippen LogP contribution >= 0.6 is 0 Å². The fourth-order valence-electron chi connectivity index (χ4n) is 4.70. The summed E-state index contributed by atoms with van der Waals surface area (Å²) in [4.78, 5) is 0. The molecule has 0 saturated heterocycles. The Kier molecular flexibility index (Phi) is 13.3. The van der Waals surface area contributed by atoms with Gasteiger partial charge in [-0.25, -0.2) is 0 Å². The summed E-state index contributed by atoms with van der Waals surface area (Å²) in [5.41, 5.74) is 3.13. The standard InChI is InChI=1S/C18H22O6.C18H20O5/c1-21-15-6-5-11(8-14(15)20)7-13(19)12-9-16(22-2)18(24-4)17(10-12)23-3;1-20-15-8-7-12(9-14(15)19)5-6-13-10-16(21-2)18(23-4)17(11-13)22-3/h5-6,8-10,13,19-20H,7H2,1-4H3;5-11,19H,1-4H3/b;6-5-/t13-;/m1./s1. The first-order valence-electron chi connectivity index (χ1n) is 14.4. The van der Waals surface area contributed by atoms with Crippen molar-refractivity contribution in [2.45, 2.75) is 12.5 Å². The van der Waals surface area contributed by atoms with Crippen molar-refractivity contribution in [2.24, 2.45) is 0 Å². The Morgan fingerprint density at radius 2 is 0.915 bits per heavy atom. The Labute approximate surface area is 275 Å². The van der Waals surface area contributed by atoms with Crippen LogP contribution in [-0.2, 0) is 6.42 Å². The van der Waals surface area contributed by atoms with E-state index in [9.17, 15) is 15.3 Å². The first kappa shape index (κ1) is 36.1. The molecule has 0 unspecified atom stereocenters. The minimum Gasteiger partial charge on any atom is -0.504 e. The van der Waals surface area contributed by atoms with Crippen molar-refractivity contribution in [3.63, 3.8) is 0 Å². The van der Waals surface area contributed by atoms with E-state index in [1.807, 2.05) is 30.4 Å². The zero-order chi connectivity index (χ0) is 34.5. The Bertz CT molecular complexity index is 1600. The van der Waals surface area contributed by atoms with Crippen molar-refractivity contribution in [2.75, 3.05) is 56.9 Å². The van der Waals surface area contributed by atoms with Gasteiger partial charge in [-0.15, -0.1) is 0 Å². The van der Waals surface area contributed by atoms with Gasteiger partial charge in [0.25, 0.3) is 0 Å². The van der Waals surface area contributed by atoms with E-state index in [0.717, 1.165) is 16.7 Å². The molecule has 252 valence electrons. The molecule has 0 aliphatic carbocycles. The van der Waals surface area contributed by atoms with E-state index < -0.39 is 6.10 Å². The molecule has 0 saturated carbocycles. The summed E-state index contributed by atoms with van der Waals surface area (Å²) in [7, 11) is 12.3. The van der Waals surface area contributed by atoms with E-state index >= 15 is 0 Å². The molecule has 4 aromatic carbocycles. The monoisotopic (exact) mass is 650 g/mol. The molecule has 1 atom stereocenters. The largest absolute Gasteiger partial charge is 0.504 e. The number of hydrogen-bond donors (Lipinski definition) is 3. The molecule has 0 aromatic heterocycles. The number of phenolic OH excluding ortho intramolecular Hbond substituents is 2. The third kappa shape index (κ3) is 9.08. The number of hydrogen-bond acceptors (Lipinski definition) is 11. The molecule has 0 fully saturated rings. The number of rotatable bonds is 13. The lowest BCUT2D eigenvalue weighted by Gasteiger charge is -2.17. The lowest BCUT2D eigenvalue weighted by atomic mass is 10.00. The van der Waals surface area contributed by atoms with Gasteiger partial charge in [-0.05, 0) is 70.8 Å². The van der Waals surface area contributed by atoms with Crippen molar-refractivity contribution in [3.8, 4) is 57.5 Å². The van der Waals surface area contributed by atoms with E-state index in [4.69, 9.17) is 37.9 Å². The Balaban J connectivity index is 0.000000256. The quantitative estimate of drug-likeness (QED) is 0.141. The minimum atomic E-state index is -0.800. The van der Waals surface area contributed by atoms with Gasteiger partial charge < -0.3 is 53.2 Å². The second-order valence-electron chi connectivity index (χ2n) is 9.91. The molecule has 0 amide bonds. The second kappa shape index (κ2) is 17.3. The maximum Gasteiger partial charge on any atom is 0.203 e. The van der Waals surface area contributed by atoms with Gasteiger partial charge in [0, 0.05) is 6.42 Å². The average molecular weight is 651 g/mol. The van der Waals surface area contributed by atoms with Crippen molar-refractivity contribution < 1.29 is 53.2 Å². The predicted molar refractivity (Wildman–Crippen MR) is 179 cm³/mol. The molecule has 0 bridgehead atoms. The second-order valence-corrected chi connectivity index (χ2v) is 9.91. The number of methoxy groups -OCH3 is 8. The normalized spacial score (nSPS) is 11.2. The Morgan fingerprint density at radius 1 is 0.489 bits per heavy atom.